The van der Waals surface area contributed by atoms with Crippen molar-refractivity contribution in [1.82, 2.24) is 4.98 Å². The zero-order valence-electron chi connectivity index (χ0n) is 10.1. The Labute approximate surface area is 110 Å². The second kappa shape index (κ2) is 4.40. The molecule has 1 aliphatic rings. The van der Waals surface area contributed by atoms with Crippen LogP contribution in [0.3, 0.4) is 0 Å². The summed E-state index contributed by atoms with van der Waals surface area (Å²) in [6, 6.07) is 2.84. The summed E-state index contributed by atoms with van der Waals surface area (Å²) in [5.41, 5.74) is -0.226. The average Bonchev–Trinajstić information content (AvgIpc) is 2.28. The van der Waals surface area contributed by atoms with Crippen LogP contribution in [0.2, 0.25) is 5.15 Å². The predicted octanol–water partition coefficient (Wildman–Crippen LogP) is 2.00. The van der Waals surface area contributed by atoms with Crippen LogP contribution in [0.1, 0.15) is 30.6 Å². The number of rotatable bonds is 3. The number of aromatic carboxylic acids is 1. The third-order valence-corrected chi connectivity index (χ3v) is 3.83. The van der Waals surface area contributed by atoms with Gasteiger partial charge in [0.1, 0.15) is 16.5 Å². The van der Waals surface area contributed by atoms with Crippen LogP contribution in [0.15, 0.2) is 12.1 Å². The Bertz CT molecular complexity index is 490. The first-order chi connectivity index (χ1) is 8.32. The second-order valence-corrected chi connectivity index (χ2v) is 5.49. The first kappa shape index (κ1) is 13.1. The Morgan fingerprint density at radius 1 is 1.56 bits per heavy atom. The Morgan fingerprint density at radius 2 is 2.22 bits per heavy atom. The molecule has 0 aliphatic heterocycles. The van der Waals surface area contributed by atoms with Gasteiger partial charge in [-0.05, 0) is 18.6 Å². The van der Waals surface area contributed by atoms with Crippen LogP contribution in [0.5, 0.6) is 0 Å². The molecule has 1 aromatic rings. The van der Waals surface area contributed by atoms with Gasteiger partial charge in [-0.1, -0.05) is 25.4 Å². The number of aliphatic hydroxyl groups excluding tert-OH is 1. The fraction of sp³-hybridized carbons (Fsp3) is 0.500. The number of pyridine rings is 1. The van der Waals surface area contributed by atoms with Crippen LogP contribution in [-0.4, -0.2) is 33.3 Å². The largest absolute Gasteiger partial charge is 0.478 e. The third kappa shape index (κ3) is 2.15. The van der Waals surface area contributed by atoms with E-state index in [0.717, 1.165) is 0 Å². The van der Waals surface area contributed by atoms with Crippen molar-refractivity contribution in [3.8, 4) is 0 Å². The van der Waals surface area contributed by atoms with Gasteiger partial charge in [-0.25, -0.2) is 9.78 Å². The third-order valence-electron chi connectivity index (χ3n) is 3.62. The normalized spacial score (nSPS) is 25.3. The molecule has 2 rings (SSSR count). The van der Waals surface area contributed by atoms with E-state index in [0.29, 0.717) is 6.42 Å². The molecule has 1 aromatic heterocycles. The number of hydrogen-bond donors (Lipinski definition) is 3. The molecule has 1 saturated carbocycles. The summed E-state index contributed by atoms with van der Waals surface area (Å²) in [4.78, 5) is 15.1. The smallest absolute Gasteiger partial charge is 0.339 e. The van der Waals surface area contributed by atoms with E-state index in [-0.39, 0.29) is 34.1 Å². The molecule has 1 fully saturated rings. The van der Waals surface area contributed by atoms with E-state index < -0.39 is 5.97 Å². The number of halogens is 1. The quantitative estimate of drug-likeness (QED) is 0.732. The van der Waals surface area contributed by atoms with Crippen LogP contribution in [-0.2, 0) is 0 Å². The topological polar surface area (TPSA) is 82.5 Å². The van der Waals surface area contributed by atoms with Crippen LogP contribution in [0.4, 0.5) is 5.82 Å². The van der Waals surface area contributed by atoms with Gasteiger partial charge in [-0.3, -0.25) is 0 Å². The van der Waals surface area contributed by atoms with E-state index >= 15 is 0 Å². The molecule has 98 valence electrons. The highest BCUT2D eigenvalue weighted by Gasteiger charge is 2.47. The number of carbonyl (C=O) groups is 1. The molecule has 2 unspecified atom stereocenters. The van der Waals surface area contributed by atoms with E-state index in [1.54, 1.807) is 0 Å². The number of anilines is 1. The summed E-state index contributed by atoms with van der Waals surface area (Å²) in [6.45, 7) is 3.84. The monoisotopic (exact) mass is 270 g/mol. The molecule has 18 heavy (non-hydrogen) atoms. The van der Waals surface area contributed by atoms with Crippen molar-refractivity contribution in [3.05, 3.63) is 22.8 Å². The summed E-state index contributed by atoms with van der Waals surface area (Å²) >= 11 is 5.77. The number of nitrogens with one attached hydrogen (secondary N) is 1. The molecule has 1 aliphatic carbocycles. The molecular formula is C12H15ClN2O3. The van der Waals surface area contributed by atoms with Gasteiger partial charge in [0.25, 0.3) is 0 Å². The van der Waals surface area contributed by atoms with Gasteiger partial charge < -0.3 is 15.5 Å². The highest BCUT2D eigenvalue weighted by Crippen LogP contribution is 2.42. The number of nitrogens with zero attached hydrogens (tertiary/aromatic N) is 1. The SMILES string of the molecule is CC1(C)C(O)CC1Nc1nc(Cl)ccc1C(=O)O. The molecule has 1 heterocycles. The van der Waals surface area contributed by atoms with Crippen LogP contribution >= 0.6 is 11.6 Å². The van der Waals surface area contributed by atoms with Gasteiger partial charge in [0.15, 0.2) is 0 Å². The van der Waals surface area contributed by atoms with Crippen molar-refractivity contribution >= 4 is 23.4 Å². The van der Waals surface area contributed by atoms with Gasteiger partial charge in [0, 0.05) is 11.5 Å². The molecule has 2 atom stereocenters. The van der Waals surface area contributed by atoms with E-state index in [9.17, 15) is 9.90 Å². The maximum Gasteiger partial charge on any atom is 0.339 e. The summed E-state index contributed by atoms with van der Waals surface area (Å²) in [6.07, 6.45) is 0.183. The molecule has 0 radical (unpaired) electrons. The van der Waals surface area contributed by atoms with E-state index in [2.05, 4.69) is 10.3 Å². The highest BCUT2D eigenvalue weighted by atomic mass is 35.5. The van der Waals surface area contributed by atoms with Gasteiger partial charge in [-0.15, -0.1) is 0 Å². The maximum atomic E-state index is 11.1. The molecule has 0 bridgehead atoms. The molecule has 0 saturated heterocycles. The molecule has 0 aromatic carbocycles. The van der Waals surface area contributed by atoms with Crippen molar-refractivity contribution in [2.45, 2.75) is 32.4 Å². The van der Waals surface area contributed by atoms with Crippen molar-refractivity contribution in [1.29, 1.82) is 0 Å². The molecular weight excluding hydrogens is 256 g/mol. The van der Waals surface area contributed by atoms with Crippen molar-refractivity contribution in [2.24, 2.45) is 5.41 Å². The minimum atomic E-state index is -1.06. The van der Waals surface area contributed by atoms with Crippen molar-refractivity contribution in [3.63, 3.8) is 0 Å². The Morgan fingerprint density at radius 3 is 2.72 bits per heavy atom. The maximum absolute atomic E-state index is 11.1. The van der Waals surface area contributed by atoms with Gasteiger partial charge in [0.05, 0.1) is 6.10 Å². The summed E-state index contributed by atoms with van der Waals surface area (Å²) in [5, 5.41) is 22.0. The molecule has 0 amide bonds. The first-order valence-electron chi connectivity index (χ1n) is 5.67. The van der Waals surface area contributed by atoms with Crippen molar-refractivity contribution < 1.29 is 15.0 Å². The zero-order chi connectivity index (χ0) is 13.5. The lowest BCUT2D eigenvalue weighted by molar-refractivity contribution is -0.0511. The van der Waals surface area contributed by atoms with Crippen LogP contribution < -0.4 is 5.32 Å². The second-order valence-electron chi connectivity index (χ2n) is 5.11. The van der Waals surface area contributed by atoms with Gasteiger partial charge >= 0.3 is 5.97 Å². The minimum absolute atomic E-state index is 0.0171. The van der Waals surface area contributed by atoms with Crippen molar-refractivity contribution in [2.75, 3.05) is 5.32 Å². The number of aliphatic hydroxyl groups is 1. The lowest BCUT2D eigenvalue weighted by Crippen LogP contribution is -2.57. The Balaban J connectivity index is 2.24. The Hall–Kier alpha value is -1.33. The number of hydrogen-bond acceptors (Lipinski definition) is 4. The lowest BCUT2D eigenvalue weighted by atomic mass is 9.64. The van der Waals surface area contributed by atoms with E-state index in [1.807, 2.05) is 13.8 Å². The Kier molecular flexibility index (Phi) is 3.21. The summed E-state index contributed by atoms with van der Waals surface area (Å²) in [5.74, 6) is -0.806. The number of carboxylic acids is 1. The van der Waals surface area contributed by atoms with Gasteiger partial charge in [0.2, 0.25) is 0 Å². The molecule has 5 nitrogen and oxygen atoms in total. The standard InChI is InChI=1S/C12H15ClN2O3/c1-12(2)7(5-8(12)16)14-10-6(11(17)18)3-4-9(13)15-10/h3-4,7-8,16H,5H2,1-2H3,(H,14,15)(H,17,18). The van der Waals surface area contributed by atoms with E-state index in [4.69, 9.17) is 16.7 Å². The lowest BCUT2D eigenvalue weighted by Gasteiger charge is -2.49. The number of carboxylic acid groups (broad SMARTS) is 1. The molecule has 0 spiro atoms. The fourth-order valence-electron chi connectivity index (χ4n) is 2.03. The van der Waals surface area contributed by atoms with E-state index in [1.165, 1.54) is 12.1 Å². The summed E-state index contributed by atoms with van der Waals surface area (Å²) < 4.78 is 0. The van der Waals surface area contributed by atoms with Gasteiger partial charge in [-0.2, -0.15) is 0 Å². The van der Waals surface area contributed by atoms with Crippen LogP contribution in [0.25, 0.3) is 0 Å². The summed E-state index contributed by atoms with van der Waals surface area (Å²) in [7, 11) is 0. The average molecular weight is 271 g/mol. The fourth-order valence-corrected chi connectivity index (χ4v) is 2.18. The zero-order valence-corrected chi connectivity index (χ0v) is 10.9. The van der Waals surface area contributed by atoms with Crippen LogP contribution in [0, 0.1) is 5.41 Å². The highest BCUT2D eigenvalue weighted by molar-refractivity contribution is 6.29. The molecule has 3 N–H and O–H groups in total. The molecule has 6 heteroatoms. The minimum Gasteiger partial charge on any atom is -0.478 e. The number of aromatic nitrogens is 1. The predicted molar refractivity (Wildman–Crippen MR) is 68.0 cm³/mol. The first-order valence-corrected chi connectivity index (χ1v) is 6.04.